The fourth-order valence-corrected chi connectivity index (χ4v) is 9.26. The van der Waals surface area contributed by atoms with Gasteiger partial charge in [0.2, 0.25) is 0 Å². The van der Waals surface area contributed by atoms with E-state index in [0.717, 1.165) is 48.4 Å². The Hall–Kier alpha value is -1.75. The van der Waals surface area contributed by atoms with Gasteiger partial charge in [0.1, 0.15) is 6.54 Å². The topological polar surface area (TPSA) is 68.0 Å². The van der Waals surface area contributed by atoms with Crippen LogP contribution in [-0.2, 0) is 11.3 Å². The lowest BCUT2D eigenvalue weighted by Gasteiger charge is -2.61. The van der Waals surface area contributed by atoms with E-state index in [0.29, 0.717) is 29.6 Å². The number of pyridine rings is 1. The minimum atomic E-state index is -0.475. The summed E-state index contributed by atoms with van der Waals surface area (Å²) in [5, 5.41) is 16.3. The standard InChI is InChI=1S/C28H39N3O2/c1-26(33)11-12-27(2)19(14-26)4-5-20-21-6-7-23(28(21,3)10-8-22(20)27)25(32)17-31-24-16-29-13-9-18(24)15-30-31/h9,13,15-16,19-23,33H,4-8,10-12,14,17H2,1-3H3/t19-,20-,21-,22-,23+,26+,27-,28-/m0/s1. The molecule has 33 heavy (non-hydrogen) atoms. The summed E-state index contributed by atoms with van der Waals surface area (Å²) in [5.41, 5.74) is 0.976. The first kappa shape index (κ1) is 21.8. The second kappa shape index (κ2) is 7.37. The molecule has 0 aromatic carbocycles. The molecule has 4 fully saturated rings. The number of nitrogens with zero attached hydrogens (tertiary/aromatic N) is 3. The Morgan fingerprint density at radius 3 is 2.70 bits per heavy atom. The third-order valence-electron chi connectivity index (χ3n) is 11.1. The normalized spacial score (nSPS) is 44.8. The van der Waals surface area contributed by atoms with Crippen molar-refractivity contribution in [3.63, 3.8) is 0 Å². The summed E-state index contributed by atoms with van der Waals surface area (Å²) in [6.45, 7) is 7.39. The maximum Gasteiger partial charge on any atom is 0.157 e. The van der Waals surface area contributed by atoms with E-state index >= 15 is 0 Å². The molecule has 0 radical (unpaired) electrons. The van der Waals surface area contributed by atoms with Gasteiger partial charge in [-0.05, 0) is 105 Å². The molecule has 5 heteroatoms. The second-order valence-corrected chi connectivity index (χ2v) is 12.7. The Bertz CT molecular complexity index is 1080. The molecule has 0 spiro atoms. The molecule has 2 heterocycles. The SMILES string of the molecule is C[C@@]1(O)CC[C@@]2(C)[C@@H](CC[C@@H]3[C@@H]2CC[C@]2(C)[C@@H](C(=O)Cn4ncc5ccncc54)CC[C@@H]32)C1. The van der Waals surface area contributed by atoms with Crippen LogP contribution in [-0.4, -0.2) is 31.3 Å². The summed E-state index contributed by atoms with van der Waals surface area (Å²) in [7, 11) is 0. The van der Waals surface area contributed by atoms with Gasteiger partial charge in [0.25, 0.3) is 0 Å². The number of Topliss-reactive ketones (excluding diaryl/α,β-unsaturated/α-hetero) is 1. The van der Waals surface area contributed by atoms with Gasteiger partial charge in [-0.1, -0.05) is 13.8 Å². The quantitative estimate of drug-likeness (QED) is 0.680. The largest absolute Gasteiger partial charge is 0.390 e. The molecule has 6 rings (SSSR count). The summed E-state index contributed by atoms with van der Waals surface area (Å²) in [4.78, 5) is 17.9. The maximum absolute atomic E-state index is 13.6. The Morgan fingerprint density at radius 1 is 1.03 bits per heavy atom. The summed E-state index contributed by atoms with van der Waals surface area (Å²) < 4.78 is 1.85. The van der Waals surface area contributed by atoms with Crippen molar-refractivity contribution < 1.29 is 9.90 Å². The maximum atomic E-state index is 13.6. The van der Waals surface area contributed by atoms with Crippen molar-refractivity contribution in [2.45, 2.75) is 90.7 Å². The zero-order chi connectivity index (χ0) is 23.0. The highest BCUT2D eigenvalue weighted by atomic mass is 16.3. The Balaban J connectivity index is 1.22. The lowest BCUT2D eigenvalue weighted by atomic mass is 9.44. The molecule has 2 aromatic heterocycles. The lowest BCUT2D eigenvalue weighted by Crippen LogP contribution is -2.55. The minimum Gasteiger partial charge on any atom is -0.390 e. The van der Waals surface area contributed by atoms with Crippen LogP contribution in [0.25, 0.3) is 10.9 Å². The number of fused-ring (bicyclic) bond motifs is 6. The highest BCUT2D eigenvalue weighted by Crippen LogP contribution is 2.68. The van der Waals surface area contributed by atoms with Gasteiger partial charge in [-0.3, -0.25) is 14.5 Å². The third kappa shape index (κ3) is 3.25. The number of carbonyl (C=O) groups excluding carboxylic acids is 1. The number of hydrogen-bond acceptors (Lipinski definition) is 4. The number of carbonyl (C=O) groups is 1. The van der Waals surface area contributed by atoms with E-state index in [4.69, 9.17) is 0 Å². The van der Waals surface area contributed by atoms with Gasteiger partial charge in [-0.15, -0.1) is 0 Å². The molecule has 4 saturated carbocycles. The van der Waals surface area contributed by atoms with E-state index in [1.165, 1.54) is 32.1 Å². The molecule has 178 valence electrons. The van der Waals surface area contributed by atoms with Crippen molar-refractivity contribution in [2.24, 2.45) is 40.4 Å². The molecule has 5 nitrogen and oxygen atoms in total. The van der Waals surface area contributed by atoms with E-state index in [2.05, 4.69) is 23.9 Å². The van der Waals surface area contributed by atoms with Crippen molar-refractivity contribution in [1.82, 2.24) is 14.8 Å². The van der Waals surface area contributed by atoms with Gasteiger partial charge in [0.15, 0.2) is 5.78 Å². The number of aliphatic hydroxyl groups is 1. The average Bonchev–Trinajstić information content (AvgIpc) is 3.35. The molecule has 8 atom stereocenters. The minimum absolute atomic E-state index is 0.128. The fourth-order valence-electron chi connectivity index (χ4n) is 9.26. The lowest BCUT2D eigenvalue weighted by molar-refractivity contribution is -0.151. The first-order valence-electron chi connectivity index (χ1n) is 13.2. The summed E-state index contributed by atoms with van der Waals surface area (Å²) >= 11 is 0. The van der Waals surface area contributed by atoms with Crippen LogP contribution < -0.4 is 0 Å². The van der Waals surface area contributed by atoms with Crippen LogP contribution in [0.2, 0.25) is 0 Å². The van der Waals surface area contributed by atoms with E-state index in [1.807, 2.05) is 30.1 Å². The molecular formula is C28H39N3O2. The second-order valence-electron chi connectivity index (χ2n) is 12.7. The van der Waals surface area contributed by atoms with Crippen molar-refractivity contribution >= 4 is 16.7 Å². The van der Waals surface area contributed by atoms with E-state index in [9.17, 15) is 9.90 Å². The van der Waals surface area contributed by atoms with E-state index in [-0.39, 0.29) is 11.3 Å². The Kier molecular flexibility index (Phi) is 4.86. The van der Waals surface area contributed by atoms with Gasteiger partial charge in [0.05, 0.1) is 23.5 Å². The predicted molar refractivity (Wildman–Crippen MR) is 128 cm³/mol. The molecular weight excluding hydrogens is 410 g/mol. The summed E-state index contributed by atoms with van der Waals surface area (Å²) in [6, 6.07) is 1.96. The first-order chi connectivity index (χ1) is 15.7. The van der Waals surface area contributed by atoms with Crippen LogP contribution in [0.5, 0.6) is 0 Å². The van der Waals surface area contributed by atoms with Gasteiger partial charge in [0, 0.05) is 17.5 Å². The molecule has 0 amide bonds. The highest BCUT2D eigenvalue weighted by Gasteiger charge is 2.61. The van der Waals surface area contributed by atoms with Crippen molar-refractivity contribution in [1.29, 1.82) is 0 Å². The van der Waals surface area contributed by atoms with Gasteiger partial charge in [-0.2, -0.15) is 5.10 Å². The van der Waals surface area contributed by atoms with Crippen LogP contribution in [0.3, 0.4) is 0 Å². The monoisotopic (exact) mass is 449 g/mol. The van der Waals surface area contributed by atoms with Crippen LogP contribution in [0.4, 0.5) is 0 Å². The van der Waals surface area contributed by atoms with Crippen LogP contribution in [0, 0.1) is 40.4 Å². The number of rotatable bonds is 3. The zero-order valence-corrected chi connectivity index (χ0v) is 20.5. The van der Waals surface area contributed by atoms with Crippen LogP contribution in [0.1, 0.15) is 78.6 Å². The molecule has 4 aliphatic rings. The van der Waals surface area contributed by atoms with Crippen molar-refractivity contribution in [2.75, 3.05) is 0 Å². The number of ketones is 1. The predicted octanol–water partition coefficient (Wildman–Crippen LogP) is 5.41. The van der Waals surface area contributed by atoms with Gasteiger partial charge in [-0.25, -0.2) is 0 Å². The molecule has 0 unspecified atom stereocenters. The number of aromatic nitrogens is 3. The third-order valence-corrected chi connectivity index (χ3v) is 11.1. The smallest absolute Gasteiger partial charge is 0.157 e. The van der Waals surface area contributed by atoms with Crippen LogP contribution >= 0.6 is 0 Å². The summed E-state index contributed by atoms with van der Waals surface area (Å²) in [6.07, 6.45) is 15.7. The van der Waals surface area contributed by atoms with Crippen LogP contribution in [0.15, 0.2) is 24.7 Å². The van der Waals surface area contributed by atoms with Gasteiger partial charge >= 0.3 is 0 Å². The molecule has 4 aliphatic carbocycles. The zero-order valence-electron chi connectivity index (χ0n) is 20.5. The van der Waals surface area contributed by atoms with Gasteiger partial charge < -0.3 is 5.11 Å². The highest BCUT2D eigenvalue weighted by molar-refractivity contribution is 5.84. The Morgan fingerprint density at radius 2 is 1.85 bits per heavy atom. The molecule has 2 aromatic rings. The summed E-state index contributed by atoms with van der Waals surface area (Å²) in [5.74, 6) is 3.35. The Labute approximate surface area is 197 Å². The van der Waals surface area contributed by atoms with Crippen molar-refractivity contribution in [3.05, 3.63) is 24.7 Å². The molecule has 0 bridgehead atoms. The van der Waals surface area contributed by atoms with E-state index < -0.39 is 5.60 Å². The first-order valence-corrected chi connectivity index (χ1v) is 13.2. The molecule has 0 saturated heterocycles. The average molecular weight is 450 g/mol. The molecule has 1 N–H and O–H groups in total. The fraction of sp³-hybridized carbons (Fsp3) is 0.750. The van der Waals surface area contributed by atoms with E-state index in [1.54, 1.807) is 6.20 Å². The van der Waals surface area contributed by atoms with Crippen molar-refractivity contribution in [3.8, 4) is 0 Å². The molecule has 0 aliphatic heterocycles. The number of hydrogen-bond donors (Lipinski definition) is 1.